The maximum absolute atomic E-state index is 13.9. The fourth-order valence-electron chi connectivity index (χ4n) is 2.60. The molecule has 0 spiro atoms. The van der Waals surface area contributed by atoms with Crippen molar-refractivity contribution in [3.8, 4) is 0 Å². The van der Waals surface area contributed by atoms with Gasteiger partial charge in [0.25, 0.3) is 5.91 Å². The van der Waals surface area contributed by atoms with Gasteiger partial charge in [-0.25, -0.2) is 9.37 Å². The van der Waals surface area contributed by atoms with Gasteiger partial charge < -0.3 is 15.5 Å². The number of halogens is 1. The van der Waals surface area contributed by atoms with Crippen LogP contribution >= 0.6 is 0 Å². The minimum Gasteiger partial charge on any atom is -0.381 e. The molecule has 0 radical (unpaired) electrons. The molecule has 1 aliphatic rings. The van der Waals surface area contributed by atoms with Crippen LogP contribution in [0.25, 0.3) is 0 Å². The Morgan fingerprint density at radius 1 is 1.55 bits per heavy atom. The van der Waals surface area contributed by atoms with Gasteiger partial charge in [0.2, 0.25) is 0 Å². The van der Waals surface area contributed by atoms with Crippen molar-refractivity contribution in [2.75, 3.05) is 32.4 Å². The summed E-state index contributed by atoms with van der Waals surface area (Å²) in [6.07, 6.45) is 3.19. The molecule has 0 atom stereocenters. The van der Waals surface area contributed by atoms with Crippen molar-refractivity contribution in [3.63, 3.8) is 0 Å². The van der Waals surface area contributed by atoms with E-state index in [2.05, 4.69) is 16.8 Å². The molecule has 1 amide bonds. The number of hydrogen-bond acceptors (Lipinski definition) is 4. The van der Waals surface area contributed by atoms with E-state index in [1.807, 2.05) is 0 Å². The van der Waals surface area contributed by atoms with E-state index < -0.39 is 5.82 Å². The quantitative estimate of drug-likeness (QED) is 0.908. The Balaban J connectivity index is 2.07. The number of aromatic nitrogens is 1. The highest BCUT2D eigenvalue weighted by Crippen LogP contribution is 2.19. The lowest BCUT2D eigenvalue weighted by Gasteiger charge is -2.36. The summed E-state index contributed by atoms with van der Waals surface area (Å²) in [5, 5.41) is 0. The third-order valence-electron chi connectivity index (χ3n) is 4.02. The van der Waals surface area contributed by atoms with Crippen LogP contribution in [0.4, 0.5) is 10.2 Å². The van der Waals surface area contributed by atoms with Gasteiger partial charge in [-0.15, -0.1) is 0 Å². The number of rotatable bonds is 3. The molecule has 20 heavy (non-hydrogen) atoms. The van der Waals surface area contributed by atoms with Gasteiger partial charge in [-0.3, -0.25) is 4.79 Å². The predicted octanol–water partition coefficient (Wildman–Crippen LogP) is 1.36. The molecule has 0 aromatic carbocycles. The van der Waals surface area contributed by atoms with Crippen LogP contribution in [0, 0.1) is 5.82 Å². The smallest absolute Gasteiger partial charge is 0.257 e. The Labute approximate surface area is 118 Å². The lowest BCUT2D eigenvalue weighted by Crippen LogP contribution is -2.45. The molecule has 110 valence electrons. The summed E-state index contributed by atoms with van der Waals surface area (Å²) in [4.78, 5) is 20.0. The molecule has 2 N–H and O–H groups in total. The lowest BCUT2D eigenvalue weighted by atomic mass is 10.0. The lowest BCUT2D eigenvalue weighted by molar-refractivity contribution is 0.0642. The zero-order chi connectivity index (χ0) is 14.7. The molecule has 1 aromatic heterocycles. The number of carbonyl (C=O) groups is 1. The number of hydrogen-bond donors (Lipinski definition) is 1. The summed E-state index contributed by atoms with van der Waals surface area (Å²) in [5.41, 5.74) is 5.41. The van der Waals surface area contributed by atoms with Gasteiger partial charge in [0.15, 0.2) is 11.6 Å². The molecule has 2 rings (SSSR count). The molecular weight excluding hydrogens is 259 g/mol. The van der Waals surface area contributed by atoms with Gasteiger partial charge in [0, 0.05) is 32.4 Å². The maximum Gasteiger partial charge on any atom is 0.257 e. The zero-order valence-corrected chi connectivity index (χ0v) is 12.0. The van der Waals surface area contributed by atoms with Crippen LogP contribution in [0.15, 0.2) is 12.3 Å². The van der Waals surface area contributed by atoms with Crippen molar-refractivity contribution in [1.29, 1.82) is 0 Å². The zero-order valence-electron chi connectivity index (χ0n) is 12.0. The predicted molar refractivity (Wildman–Crippen MR) is 75.8 cm³/mol. The standard InChI is InChI=1S/C14H21FN4O/c1-3-19-8-5-10(6-9-19)18(2)14(20)11-4-7-17-13(16)12(11)15/h4,7,10H,3,5-6,8-9H2,1-2H3,(H2,16,17). The van der Waals surface area contributed by atoms with E-state index in [1.165, 1.54) is 12.3 Å². The third kappa shape index (κ3) is 2.90. The minimum absolute atomic E-state index is 0.00192. The van der Waals surface area contributed by atoms with Gasteiger partial charge >= 0.3 is 0 Å². The van der Waals surface area contributed by atoms with E-state index in [9.17, 15) is 9.18 Å². The molecule has 0 aliphatic carbocycles. The summed E-state index contributed by atoms with van der Waals surface area (Å²) in [6, 6.07) is 1.53. The van der Waals surface area contributed by atoms with Crippen molar-refractivity contribution < 1.29 is 9.18 Å². The molecule has 6 heteroatoms. The molecule has 1 aromatic rings. The van der Waals surface area contributed by atoms with Crippen molar-refractivity contribution in [2.24, 2.45) is 0 Å². The maximum atomic E-state index is 13.9. The van der Waals surface area contributed by atoms with Crippen molar-refractivity contribution in [2.45, 2.75) is 25.8 Å². The molecule has 0 unspecified atom stereocenters. The second-order valence-corrected chi connectivity index (χ2v) is 5.14. The highest BCUT2D eigenvalue weighted by molar-refractivity contribution is 5.95. The number of likely N-dealkylation sites (tertiary alicyclic amines) is 1. The largest absolute Gasteiger partial charge is 0.381 e. The number of amides is 1. The SMILES string of the molecule is CCN1CCC(N(C)C(=O)c2ccnc(N)c2F)CC1. The Kier molecular flexibility index (Phi) is 4.54. The number of nitrogens with zero attached hydrogens (tertiary/aromatic N) is 3. The second-order valence-electron chi connectivity index (χ2n) is 5.14. The fourth-order valence-corrected chi connectivity index (χ4v) is 2.60. The average molecular weight is 280 g/mol. The number of carbonyl (C=O) groups excluding carboxylic acids is 1. The van der Waals surface area contributed by atoms with Gasteiger partial charge in [-0.1, -0.05) is 6.92 Å². The summed E-state index contributed by atoms with van der Waals surface area (Å²) in [5.74, 6) is -1.29. The normalized spacial score (nSPS) is 17.1. The minimum atomic E-state index is -0.727. The van der Waals surface area contributed by atoms with Gasteiger partial charge in [0.1, 0.15) is 0 Å². The van der Waals surface area contributed by atoms with Crippen LogP contribution in [-0.4, -0.2) is 53.4 Å². The van der Waals surface area contributed by atoms with Crippen molar-refractivity contribution >= 4 is 11.7 Å². The van der Waals surface area contributed by atoms with Gasteiger partial charge in [-0.2, -0.15) is 0 Å². The summed E-state index contributed by atoms with van der Waals surface area (Å²) in [6.45, 7) is 5.10. The summed E-state index contributed by atoms with van der Waals surface area (Å²) >= 11 is 0. The van der Waals surface area contributed by atoms with Crippen molar-refractivity contribution in [3.05, 3.63) is 23.6 Å². The monoisotopic (exact) mass is 280 g/mol. The molecule has 0 bridgehead atoms. The van der Waals surface area contributed by atoms with Crippen LogP contribution in [-0.2, 0) is 0 Å². The fraction of sp³-hybridized carbons (Fsp3) is 0.571. The second kappa shape index (κ2) is 6.17. The molecule has 1 fully saturated rings. The average Bonchev–Trinajstić information content (AvgIpc) is 2.48. The van der Waals surface area contributed by atoms with E-state index in [0.29, 0.717) is 0 Å². The first-order valence-corrected chi connectivity index (χ1v) is 6.94. The molecule has 0 saturated carbocycles. The summed E-state index contributed by atoms with van der Waals surface area (Å²) < 4.78 is 13.9. The van der Waals surface area contributed by atoms with Crippen LogP contribution in [0.5, 0.6) is 0 Å². The van der Waals surface area contributed by atoms with Crippen LogP contribution in [0.3, 0.4) is 0 Å². The van der Waals surface area contributed by atoms with E-state index in [-0.39, 0.29) is 23.3 Å². The van der Waals surface area contributed by atoms with E-state index in [1.54, 1.807) is 11.9 Å². The molecule has 5 nitrogen and oxygen atoms in total. The van der Waals surface area contributed by atoms with E-state index >= 15 is 0 Å². The van der Waals surface area contributed by atoms with Crippen LogP contribution in [0.1, 0.15) is 30.1 Å². The first-order chi connectivity index (χ1) is 9.54. The van der Waals surface area contributed by atoms with Crippen molar-refractivity contribution in [1.82, 2.24) is 14.8 Å². The van der Waals surface area contributed by atoms with E-state index in [4.69, 9.17) is 5.73 Å². The van der Waals surface area contributed by atoms with Gasteiger partial charge in [0.05, 0.1) is 5.56 Å². The van der Waals surface area contributed by atoms with E-state index in [0.717, 1.165) is 32.5 Å². The van der Waals surface area contributed by atoms with Crippen LogP contribution < -0.4 is 5.73 Å². The molecule has 1 aliphatic heterocycles. The topological polar surface area (TPSA) is 62.5 Å². The number of nitrogens with two attached hydrogens (primary N) is 1. The number of anilines is 1. The molecule has 2 heterocycles. The molecule has 1 saturated heterocycles. The number of nitrogen functional groups attached to an aromatic ring is 1. The highest BCUT2D eigenvalue weighted by atomic mass is 19.1. The Morgan fingerprint density at radius 3 is 2.80 bits per heavy atom. The Bertz CT molecular complexity index is 486. The van der Waals surface area contributed by atoms with Gasteiger partial charge in [-0.05, 0) is 25.5 Å². The first kappa shape index (κ1) is 14.7. The highest BCUT2D eigenvalue weighted by Gasteiger charge is 2.27. The first-order valence-electron chi connectivity index (χ1n) is 6.94. The Hall–Kier alpha value is -1.69. The van der Waals surface area contributed by atoms with Crippen LogP contribution in [0.2, 0.25) is 0 Å². The third-order valence-corrected chi connectivity index (χ3v) is 4.02. The Morgan fingerprint density at radius 2 is 2.20 bits per heavy atom. The summed E-state index contributed by atoms with van der Waals surface area (Å²) in [7, 11) is 1.73. The number of pyridine rings is 1. The molecular formula is C14H21FN4O. The number of piperidine rings is 1.